The third-order valence-corrected chi connectivity index (χ3v) is 4.93. The molecule has 0 bridgehead atoms. The second kappa shape index (κ2) is 7.14. The van der Waals surface area contributed by atoms with Gasteiger partial charge in [-0.05, 0) is 42.6 Å². The van der Waals surface area contributed by atoms with E-state index in [1.165, 1.54) is 5.56 Å². The van der Waals surface area contributed by atoms with Crippen molar-refractivity contribution in [1.29, 1.82) is 5.26 Å². The van der Waals surface area contributed by atoms with Crippen LogP contribution in [0.4, 0.5) is 5.82 Å². The molecule has 1 saturated heterocycles. The molecule has 1 fully saturated rings. The van der Waals surface area contributed by atoms with Gasteiger partial charge in [0.15, 0.2) is 0 Å². The number of anilines is 1. The van der Waals surface area contributed by atoms with Crippen LogP contribution in [-0.4, -0.2) is 35.5 Å². The fourth-order valence-corrected chi connectivity index (χ4v) is 3.55. The predicted octanol–water partition coefficient (Wildman–Crippen LogP) is 2.35. The van der Waals surface area contributed by atoms with E-state index >= 15 is 0 Å². The highest BCUT2D eigenvalue weighted by Gasteiger charge is 2.24. The zero-order valence-corrected chi connectivity index (χ0v) is 14.4. The molecule has 3 heterocycles. The van der Waals surface area contributed by atoms with Gasteiger partial charge < -0.3 is 10.1 Å². The van der Waals surface area contributed by atoms with Gasteiger partial charge in [-0.15, -0.1) is 0 Å². The largest absolute Gasteiger partial charge is 0.426 e. The van der Waals surface area contributed by atoms with Gasteiger partial charge >= 0.3 is 5.97 Å². The Bertz CT molecular complexity index is 857. The summed E-state index contributed by atoms with van der Waals surface area (Å²) in [6.07, 6.45) is 3.11. The molecule has 2 aromatic rings. The van der Waals surface area contributed by atoms with Crippen LogP contribution >= 0.6 is 0 Å². The van der Waals surface area contributed by atoms with Crippen molar-refractivity contribution in [2.24, 2.45) is 5.92 Å². The number of nitrogens with zero attached hydrogens (tertiary/aromatic N) is 3. The summed E-state index contributed by atoms with van der Waals surface area (Å²) in [7, 11) is 0. The molecule has 1 N–H and O–H groups in total. The lowest BCUT2D eigenvalue weighted by atomic mass is 10.1. The van der Waals surface area contributed by atoms with Crippen LogP contribution < -0.4 is 10.1 Å². The number of nitrogens with one attached hydrogen (secondary N) is 1. The van der Waals surface area contributed by atoms with E-state index in [1.807, 2.05) is 18.2 Å². The summed E-state index contributed by atoms with van der Waals surface area (Å²) in [5.41, 5.74) is 2.74. The second-order valence-electron chi connectivity index (χ2n) is 6.91. The molecule has 1 atom stereocenters. The summed E-state index contributed by atoms with van der Waals surface area (Å²) in [5.74, 6) is 1.93. The monoisotopic (exact) mass is 348 g/mol. The van der Waals surface area contributed by atoms with Gasteiger partial charge in [0, 0.05) is 31.4 Å². The van der Waals surface area contributed by atoms with Crippen molar-refractivity contribution in [3.05, 3.63) is 53.2 Å². The minimum absolute atomic E-state index is 0.166. The number of pyridine rings is 1. The minimum atomic E-state index is -0.166. The van der Waals surface area contributed by atoms with E-state index in [4.69, 9.17) is 10.00 Å². The molecule has 0 aliphatic carbocycles. The fourth-order valence-electron chi connectivity index (χ4n) is 3.55. The van der Waals surface area contributed by atoms with Crippen molar-refractivity contribution in [1.82, 2.24) is 9.88 Å². The number of carbonyl (C=O) groups excluding carboxylic acids is 1. The fraction of sp³-hybridized carbons (Fsp3) is 0.350. The van der Waals surface area contributed by atoms with Crippen molar-refractivity contribution < 1.29 is 9.53 Å². The molecule has 0 saturated carbocycles. The second-order valence-corrected chi connectivity index (χ2v) is 6.91. The molecular formula is C20H20N4O2. The molecule has 6 heteroatoms. The van der Waals surface area contributed by atoms with Crippen molar-refractivity contribution in [3.63, 3.8) is 0 Å². The third-order valence-electron chi connectivity index (χ3n) is 4.93. The first kappa shape index (κ1) is 16.6. The maximum atomic E-state index is 11.4. The number of hydrogen-bond acceptors (Lipinski definition) is 6. The van der Waals surface area contributed by atoms with Crippen LogP contribution in [0, 0.1) is 17.2 Å². The standard InChI is InChI=1S/C20H20N4O2/c21-9-15-2-4-19(22-10-15)23-11-16-5-6-24(13-16)12-14-1-3-17-8-20(25)26-18(17)7-14/h1-4,7,10,16H,5-6,8,11-13H2,(H,22,23)/t16-/m0/s1. The molecule has 1 aromatic heterocycles. The van der Waals surface area contributed by atoms with Gasteiger partial charge in [-0.25, -0.2) is 4.98 Å². The SMILES string of the molecule is N#Cc1ccc(NC[C@@H]2CCN(Cc3ccc4c(c3)OC(=O)C4)C2)nc1. The molecule has 0 radical (unpaired) electrons. The summed E-state index contributed by atoms with van der Waals surface area (Å²) in [6, 6.07) is 11.8. The van der Waals surface area contributed by atoms with Crippen molar-refractivity contribution in [2.75, 3.05) is 25.0 Å². The van der Waals surface area contributed by atoms with Crippen LogP contribution in [0.25, 0.3) is 0 Å². The zero-order valence-electron chi connectivity index (χ0n) is 14.4. The first-order chi connectivity index (χ1) is 12.7. The molecule has 2 aliphatic heterocycles. The Labute approximate surface area is 152 Å². The van der Waals surface area contributed by atoms with Gasteiger partial charge in [0.25, 0.3) is 0 Å². The Balaban J connectivity index is 1.28. The Hall–Kier alpha value is -2.91. The first-order valence-corrected chi connectivity index (χ1v) is 8.84. The molecular weight excluding hydrogens is 328 g/mol. The highest BCUT2D eigenvalue weighted by atomic mass is 16.5. The average molecular weight is 348 g/mol. The Morgan fingerprint density at radius 3 is 3.08 bits per heavy atom. The quantitative estimate of drug-likeness (QED) is 0.660. The molecule has 6 nitrogen and oxygen atoms in total. The smallest absolute Gasteiger partial charge is 0.315 e. The number of rotatable bonds is 5. The van der Waals surface area contributed by atoms with Gasteiger partial charge in [-0.1, -0.05) is 12.1 Å². The highest BCUT2D eigenvalue weighted by molar-refractivity contribution is 5.81. The number of aromatic nitrogens is 1. The maximum Gasteiger partial charge on any atom is 0.315 e. The van der Waals surface area contributed by atoms with Crippen molar-refractivity contribution in [3.8, 4) is 11.8 Å². The maximum absolute atomic E-state index is 11.4. The van der Waals surface area contributed by atoms with E-state index in [0.717, 1.165) is 49.7 Å². The van der Waals surface area contributed by atoms with Gasteiger partial charge in [0.2, 0.25) is 0 Å². The van der Waals surface area contributed by atoms with E-state index in [2.05, 4.69) is 27.3 Å². The van der Waals surface area contributed by atoms with E-state index < -0.39 is 0 Å². The van der Waals surface area contributed by atoms with Gasteiger partial charge in [-0.3, -0.25) is 9.69 Å². The number of nitriles is 1. The molecule has 0 unspecified atom stereocenters. The lowest BCUT2D eigenvalue weighted by Gasteiger charge is -2.17. The van der Waals surface area contributed by atoms with E-state index in [0.29, 0.717) is 17.9 Å². The Morgan fingerprint density at radius 2 is 2.27 bits per heavy atom. The predicted molar refractivity (Wildman–Crippen MR) is 96.6 cm³/mol. The van der Waals surface area contributed by atoms with Gasteiger partial charge in [0.1, 0.15) is 17.6 Å². The normalized spacial score (nSPS) is 19.0. The van der Waals surface area contributed by atoms with E-state index in [1.54, 1.807) is 12.3 Å². The lowest BCUT2D eigenvalue weighted by Crippen LogP contribution is -2.22. The average Bonchev–Trinajstić information content (AvgIpc) is 3.25. The molecule has 132 valence electrons. The minimum Gasteiger partial charge on any atom is -0.426 e. The first-order valence-electron chi connectivity index (χ1n) is 8.84. The zero-order chi connectivity index (χ0) is 17.9. The molecule has 0 spiro atoms. The molecule has 2 aliphatic rings. The molecule has 0 amide bonds. The molecule has 4 rings (SSSR count). The Kier molecular flexibility index (Phi) is 4.55. The summed E-state index contributed by atoms with van der Waals surface area (Å²) < 4.78 is 5.24. The van der Waals surface area contributed by atoms with Gasteiger partial charge in [0.05, 0.1) is 12.0 Å². The van der Waals surface area contributed by atoms with Crippen LogP contribution in [0.2, 0.25) is 0 Å². The third kappa shape index (κ3) is 3.68. The van der Waals surface area contributed by atoms with E-state index in [-0.39, 0.29) is 5.97 Å². The van der Waals surface area contributed by atoms with Gasteiger partial charge in [-0.2, -0.15) is 5.26 Å². The van der Waals surface area contributed by atoms with Crippen molar-refractivity contribution in [2.45, 2.75) is 19.4 Å². The van der Waals surface area contributed by atoms with Crippen molar-refractivity contribution >= 4 is 11.8 Å². The number of esters is 1. The molecule has 26 heavy (non-hydrogen) atoms. The van der Waals surface area contributed by atoms with Crippen LogP contribution in [0.1, 0.15) is 23.1 Å². The highest BCUT2D eigenvalue weighted by Crippen LogP contribution is 2.28. The number of hydrogen-bond donors (Lipinski definition) is 1. The summed E-state index contributed by atoms with van der Waals surface area (Å²) >= 11 is 0. The number of ether oxygens (including phenoxy) is 1. The van der Waals surface area contributed by atoms with E-state index in [9.17, 15) is 4.79 Å². The lowest BCUT2D eigenvalue weighted by molar-refractivity contribution is -0.131. The summed E-state index contributed by atoms with van der Waals surface area (Å²) in [4.78, 5) is 18.0. The van der Waals surface area contributed by atoms with Crippen LogP contribution in [0.3, 0.4) is 0 Å². The number of benzene rings is 1. The number of fused-ring (bicyclic) bond motifs is 1. The topological polar surface area (TPSA) is 78.3 Å². The van der Waals surface area contributed by atoms with Crippen LogP contribution in [0.5, 0.6) is 5.75 Å². The summed E-state index contributed by atoms with van der Waals surface area (Å²) in [6.45, 7) is 3.83. The van der Waals surface area contributed by atoms with Crippen LogP contribution in [-0.2, 0) is 17.8 Å². The Morgan fingerprint density at radius 1 is 1.35 bits per heavy atom. The van der Waals surface area contributed by atoms with Crippen LogP contribution in [0.15, 0.2) is 36.5 Å². The number of carbonyl (C=O) groups is 1. The summed E-state index contributed by atoms with van der Waals surface area (Å²) in [5, 5.41) is 12.2. The molecule has 1 aromatic carbocycles. The number of likely N-dealkylation sites (tertiary alicyclic amines) is 1.